The number of amides is 1. The first-order valence-electron chi connectivity index (χ1n) is 8.23. The number of hydrogen-bond acceptors (Lipinski definition) is 5. The second-order valence-electron chi connectivity index (χ2n) is 5.70. The molecule has 26 heavy (non-hydrogen) atoms. The lowest BCUT2D eigenvalue weighted by atomic mass is 10.1. The Morgan fingerprint density at radius 3 is 2.65 bits per heavy atom. The van der Waals surface area contributed by atoms with Gasteiger partial charge in [0.05, 0.1) is 12.8 Å². The van der Waals surface area contributed by atoms with Crippen molar-refractivity contribution in [3.05, 3.63) is 77.6 Å². The Labute approximate surface area is 152 Å². The average Bonchev–Trinajstić information content (AvgIpc) is 2.68. The van der Waals surface area contributed by atoms with E-state index in [1.165, 1.54) is 5.56 Å². The van der Waals surface area contributed by atoms with Gasteiger partial charge in [-0.05, 0) is 36.2 Å². The summed E-state index contributed by atoms with van der Waals surface area (Å²) in [6.07, 6.45) is 1.56. The van der Waals surface area contributed by atoms with Gasteiger partial charge in [0.15, 0.2) is 0 Å². The van der Waals surface area contributed by atoms with Crippen LogP contribution in [0.4, 0.5) is 11.6 Å². The molecule has 0 aliphatic carbocycles. The van der Waals surface area contributed by atoms with E-state index in [1.807, 2.05) is 30.3 Å². The molecule has 0 unspecified atom stereocenters. The van der Waals surface area contributed by atoms with E-state index in [4.69, 9.17) is 4.74 Å². The number of benzene rings is 2. The van der Waals surface area contributed by atoms with Crippen molar-refractivity contribution < 1.29 is 9.53 Å². The molecule has 0 aliphatic rings. The summed E-state index contributed by atoms with van der Waals surface area (Å²) < 4.78 is 5.24. The van der Waals surface area contributed by atoms with Gasteiger partial charge >= 0.3 is 0 Å². The van der Waals surface area contributed by atoms with Crippen LogP contribution in [0, 0.1) is 6.92 Å². The molecule has 6 nitrogen and oxygen atoms in total. The molecule has 0 radical (unpaired) electrons. The molecule has 0 bridgehead atoms. The van der Waals surface area contributed by atoms with Crippen LogP contribution in [0.3, 0.4) is 0 Å². The summed E-state index contributed by atoms with van der Waals surface area (Å²) >= 11 is 0. The maximum Gasteiger partial charge on any atom is 0.274 e. The maximum atomic E-state index is 12.5. The third-order valence-electron chi connectivity index (χ3n) is 3.94. The van der Waals surface area contributed by atoms with Crippen LogP contribution < -0.4 is 15.4 Å². The zero-order valence-corrected chi connectivity index (χ0v) is 14.7. The molecule has 0 saturated heterocycles. The number of anilines is 2. The number of ether oxygens (including phenoxy) is 1. The molecule has 0 atom stereocenters. The van der Waals surface area contributed by atoms with Crippen molar-refractivity contribution in [2.24, 2.45) is 0 Å². The molecule has 0 saturated carbocycles. The maximum absolute atomic E-state index is 12.5. The van der Waals surface area contributed by atoms with Crippen molar-refractivity contribution in [3.63, 3.8) is 0 Å². The smallest absolute Gasteiger partial charge is 0.274 e. The number of carbonyl (C=O) groups excluding carboxylic acids is 1. The van der Waals surface area contributed by atoms with Crippen molar-refractivity contribution in [2.75, 3.05) is 17.7 Å². The van der Waals surface area contributed by atoms with E-state index in [1.54, 1.807) is 31.5 Å². The predicted octanol–water partition coefficient (Wildman–Crippen LogP) is 3.66. The molecule has 132 valence electrons. The summed E-state index contributed by atoms with van der Waals surface area (Å²) in [6, 6.07) is 16.9. The van der Waals surface area contributed by atoms with Crippen LogP contribution in [0.2, 0.25) is 0 Å². The molecule has 3 aromatic rings. The number of carbonyl (C=O) groups is 1. The Morgan fingerprint density at radius 1 is 1.08 bits per heavy atom. The fourth-order valence-electron chi connectivity index (χ4n) is 2.49. The largest absolute Gasteiger partial charge is 0.495 e. The normalized spacial score (nSPS) is 10.2. The summed E-state index contributed by atoms with van der Waals surface area (Å²) in [5.41, 5.74) is 3.20. The lowest BCUT2D eigenvalue weighted by Crippen LogP contribution is -2.16. The van der Waals surface area contributed by atoms with Crippen molar-refractivity contribution >= 4 is 17.5 Å². The van der Waals surface area contributed by atoms with Crippen molar-refractivity contribution in [1.82, 2.24) is 9.97 Å². The molecule has 1 aromatic heterocycles. The molecule has 0 aliphatic heterocycles. The highest BCUT2D eigenvalue weighted by Gasteiger charge is 2.12. The zero-order chi connectivity index (χ0) is 18.4. The van der Waals surface area contributed by atoms with E-state index in [0.29, 0.717) is 23.9 Å². The topological polar surface area (TPSA) is 76.1 Å². The summed E-state index contributed by atoms with van der Waals surface area (Å²) in [6.45, 7) is 2.64. The second-order valence-corrected chi connectivity index (χ2v) is 5.70. The number of nitrogens with one attached hydrogen (secondary N) is 2. The average molecular weight is 348 g/mol. The highest BCUT2D eigenvalue weighted by atomic mass is 16.5. The molecule has 1 amide bonds. The highest BCUT2D eigenvalue weighted by Crippen LogP contribution is 2.23. The minimum absolute atomic E-state index is 0.276. The van der Waals surface area contributed by atoms with Crippen LogP contribution >= 0.6 is 0 Å². The second kappa shape index (κ2) is 8.11. The summed E-state index contributed by atoms with van der Waals surface area (Å²) in [4.78, 5) is 21.0. The van der Waals surface area contributed by atoms with Crippen LogP contribution in [0.25, 0.3) is 0 Å². The first-order valence-corrected chi connectivity index (χ1v) is 8.23. The van der Waals surface area contributed by atoms with Gasteiger partial charge in [0, 0.05) is 12.7 Å². The third kappa shape index (κ3) is 4.16. The molecule has 2 N–H and O–H groups in total. The predicted molar refractivity (Wildman–Crippen MR) is 101 cm³/mol. The van der Waals surface area contributed by atoms with Gasteiger partial charge < -0.3 is 15.4 Å². The summed E-state index contributed by atoms with van der Waals surface area (Å²) in [5.74, 6) is 0.671. The van der Waals surface area contributed by atoms with Crippen LogP contribution in [-0.2, 0) is 6.54 Å². The van der Waals surface area contributed by atoms with Crippen LogP contribution in [0.1, 0.15) is 21.6 Å². The van der Waals surface area contributed by atoms with E-state index < -0.39 is 0 Å². The van der Waals surface area contributed by atoms with E-state index in [2.05, 4.69) is 33.6 Å². The molecule has 6 heteroatoms. The number of para-hydroxylation sites is 2. The van der Waals surface area contributed by atoms with Crippen LogP contribution in [0.5, 0.6) is 5.75 Å². The van der Waals surface area contributed by atoms with Gasteiger partial charge in [0.2, 0.25) is 5.95 Å². The van der Waals surface area contributed by atoms with E-state index >= 15 is 0 Å². The standard InChI is InChI=1S/C20H20N4O2/c1-14-7-3-4-8-15(14)13-22-20-21-12-11-17(24-20)19(25)23-16-9-5-6-10-18(16)26-2/h3-12H,13H2,1-2H3,(H,23,25)(H,21,22,24). The van der Waals surface area contributed by atoms with Gasteiger partial charge in [-0.1, -0.05) is 36.4 Å². The van der Waals surface area contributed by atoms with E-state index in [0.717, 1.165) is 5.56 Å². The molecule has 0 spiro atoms. The Bertz CT molecular complexity index is 912. The van der Waals surface area contributed by atoms with Crippen molar-refractivity contribution in [3.8, 4) is 5.75 Å². The Hall–Kier alpha value is -3.41. The summed E-state index contributed by atoms with van der Waals surface area (Å²) in [7, 11) is 1.56. The monoisotopic (exact) mass is 348 g/mol. The molecule has 1 heterocycles. The minimum Gasteiger partial charge on any atom is -0.495 e. The zero-order valence-electron chi connectivity index (χ0n) is 14.7. The van der Waals surface area contributed by atoms with Gasteiger partial charge in [-0.25, -0.2) is 9.97 Å². The Kier molecular flexibility index (Phi) is 5.43. The van der Waals surface area contributed by atoms with Gasteiger partial charge in [0.1, 0.15) is 11.4 Å². The molecule has 2 aromatic carbocycles. The lowest BCUT2D eigenvalue weighted by molar-refractivity contribution is 0.102. The number of aromatic nitrogens is 2. The van der Waals surface area contributed by atoms with Gasteiger partial charge in [-0.2, -0.15) is 0 Å². The van der Waals surface area contributed by atoms with Crippen molar-refractivity contribution in [1.29, 1.82) is 0 Å². The van der Waals surface area contributed by atoms with Crippen LogP contribution in [-0.4, -0.2) is 23.0 Å². The molecule has 0 fully saturated rings. The fourth-order valence-corrected chi connectivity index (χ4v) is 2.49. The Balaban J connectivity index is 1.70. The number of aryl methyl sites for hydroxylation is 1. The van der Waals surface area contributed by atoms with E-state index in [-0.39, 0.29) is 11.6 Å². The van der Waals surface area contributed by atoms with Gasteiger partial charge in [0.25, 0.3) is 5.91 Å². The summed E-state index contributed by atoms with van der Waals surface area (Å²) in [5, 5.41) is 5.96. The molecular weight excluding hydrogens is 328 g/mol. The third-order valence-corrected chi connectivity index (χ3v) is 3.94. The number of methoxy groups -OCH3 is 1. The highest BCUT2D eigenvalue weighted by molar-refractivity contribution is 6.03. The Morgan fingerprint density at radius 2 is 1.85 bits per heavy atom. The van der Waals surface area contributed by atoms with Gasteiger partial charge in [-0.3, -0.25) is 4.79 Å². The van der Waals surface area contributed by atoms with Gasteiger partial charge in [-0.15, -0.1) is 0 Å². The van der Waals surface area contributed by atoms with E-state index in [9.17, 15) is 4.79 Å². The molecule has 3 rings (SSSR count). The van der Waals surface area contributed by atoms with Crippen molar-refractivity contribution in [2.45, 2.75) is 13.5 Å². The SMILES string of the molecule is COc1ccccc1NC(=O)c1ccnc(NCc2ccccc2C)n1. The number of hydrogen-bond donors (Lipinski definition) is 2. The first-order chi connectivity index (χ1) is 12.7. The van der Waals surface area contributed by atoms with Crippen LogP contribution in [0.15, 0.2) is 60.8 Å². The minimum atomic E-state index is -0.323. The number of nitrogens with zero attached hydrogens (tertiary/aromatic N) is 2. The molecular formula is C20H20N4O2. The lowest BCUT2D eigenvalue weighted by Gasteiger charge is -2.10. The number of rotatable bonds is 6. The first kappa shape index (κ1) is 17.4. The quantitative estimate of drug-likeness (QED) is 0.711. The fraction of sp³-hybridized carbons (Fsp3) is 0.150.